The van der Waals surface area contributed by atoms with Gasteiger partial charge in [0.25, 0.3) is 0 Å². The van der Waals surface area contributed by atoms with E-state index >= 15 is 0 Å². The molecule has 0 saturated carbocycles. The van der Waals surface area contributed by atoms with Crippen molar-refractivity contribution in [1.29, 1.82) is 0 Å². The molecule has 0 aliphatic rings. The monoisotopic (exact) mass is 446 g/mol. The van der Waals surface area contributed by atoms with Gasteiger partial charge in [0.1, 0.15) is 0 Å². The smallest absolute Gasteiger partial charge is 0.335 e. The van der Waals surface area contributed by atoms with Crippen LogP contribution >= 0.6 is 0 Å². The lowest BCUT2D eigenvalue weighted by atomic mass is 9.92. The van der Waals surface area contributed by atoms with Crippen molar-refractivity contribution in [1.82, 2.24) is 9.71 Å². The number of hydrogen-bond donors (Lipinski definition) is 2. The zero-order valence-corrected chi connectivity index (χ0v) is 18.7. The van der Waals surface area contributed by atoms with Gasteiger partial charge in [-0.1, -0.05) is 18.2 Å². The molecule has 0 atom stereocenters. The largest absolute Gasteiger partial charge is 0.481 e. The first-order valence-electron chi connectivity index (χ1n) is 9.61. The quantitative estimate of drug-likeness (QED) is 0.472. The van der Waals surface area contributed by atoms with E-state index in [1.807, 2.05) is 0 Å². The molecule has 8 nitrogen and oxygen atoms in total. The van der Waals surface area contributed by atoms with E-state index in [1.165, 1.54) is 30.5 Å². The molecule has 9 heteroatoms. The Morgan fingerprint density at radius 2 is 1.74 bits per heavy atom. The fourth-order valence-electron chi connectivity index (χ4n) is 2.92. The Morgan fingerprint density at radius 1 is 1.10 bits per heavy atom. The Balaban J connectivity index is 2.65. The first kappa shape index (κ1) is 24.2. The lowest BCUT2D eigenvalue weighted by Gasteiger charge is -2.20. The van der Waals surface area contributed by atoms with Crippen LogP contribution in [-0.4, -0.2) is 42.6 Å². The highest BCUT2D eigenvalue weighted by Crippen LogP contribution is 2.30. The van der Waals surface area contributed by atoms with Crippen LogP contribution in [0.2, 0.25) is 0 Å². The molecule has 2 aromatic rings. The number of nitrogens with one attached hydrogen (secondary N) is 1. The minimum atomic E-state index is -3.75. The van der Waals surface area contributed by atoms with Gasteiger partial charge < -0.3 is 9.84 Å². The van der Waals surface area contributed by atoms with Gasteiger partial charge >= 0.3 is 11.9 Å². The summed E-state index contributed by atoms with van der Waals surface area (Å²) in [5.74, 6) is -1.95. The molecule has 0 radical (unpaired) electrons. The molecular weight excluding hydrogens is 420 g/mol. The van der Waals surface area contributed by atoms with Gasteiger partial charge in [-0.05, 0) is 51.5 Å². The molecule has 0 saturated heterocycles. The van der Waals surface area contributed by atoms with Gasteiger partial charge in [0.15, 0.2) is 0 Å². The average molecular weight is 447 g/mol. The Bertz CT molecular complexity index is 1070. The van der Waals surface area contributed by atoms with E-state index in [0.29, 0.717) is 16.7 Å². The minimum absolute atomic E-state index is 0.0487. The van der Waals surface area contributed by atoms with Crippen LogP contribution in [0.1, 0.15) is 45.2 Å². The number of hydrogen-bond acceptors (Lipinski definition) is 6. The second-order valence-electron chi connectivity index (χ2n) is 7.77. The Labute approximate surface area is 182 Å². The van der Waals surface area contributed by atoms with Crippen molar-refractivity contribution in [2.24, 2.45) is 0 Å². The summed E-state index contributed by atoms with van der Waals surface area (Å²) in [5, 5.41) is 9.36. The van der Waals surface area contributed by atoms with Crippen molar-refractivity contribution in [3.8, 4) is 0 Å². The third kappa shape index (κ3) is 6.73. The zero-order chi connectivity index (χ0) is 23.2. The van der Waals surface area contributed by atoms with Crippen LogP contribution in [0.3, 0.4) is 0 Å². The van der Waals surface area contributed by atoms with Gasteiger partial charge in [-0.25, -0.2) is 17.9 Å². The number of esters is 1. The maximum absolute atomic E-state index is 12.6. The van der Waals surface area contributed by atoms with Gasteiger partial charge in [-0.3, -0.25) is 9.78 Å². The van der Waals surface area contributed by atoms with Crippen molar-refractivity contribution >= 4 is 27.5 Å². The van der Waals surface area contributed by atoms with Crippen molar-refractivity contribution in [2.45, 2.75) is 44.6 Å². The summed E-state index contributed by atoms with van der Waals surface area (Å²) in [4.78, 5) is 28.1. The third-order valence-electron chi connectivity index (χ3n) is 4.00. The predicted molar refractivity (Wildman–Crippen MR) is 116 cm³/mol. The second kappa shape index (κ2) is 9.84. The predicted octanol–water partition coefficient (Wildman–Crippen LogP) is 3.00. The molecule has 0 aliphatic carbocycles. The maximum atomic E-state index is 12.6. The number of aliphatic carboxylic acids is 1. The third-order valence-corrected chi connectivity index (χ3v) is 5.77. The molecule has 0 unspecified atom stereocenters. The Kier molecular flexibility index (Phi) is 7.70. The Hall–Kier alpha value is -3.04. The van der Waals surface area contributed by atoms with E-state index in [1.54, 1.807) is 46.0 Å². The number of carboxylic acid groups (broad SMARTS) is 1. The molecule has 0 aliphatic heterocycles. The van der Waals surface area contributed by atoms with Crippen LogP contribution in [0.4, 0.5) is 0 Å². The molecule has 0 fully saturated rings. The summed E-state index contributed by atoms with van der Waals surface area (Å²) < 4.78 is 32.8. The Morgan fingerprint density at radius 3 is 2.23 bits per heavy atom. The highest BCUT2D eigenvalue weighted by atomic mass is 32.2. The van der Waals surface area contributed by atoms with Gasteiger partial charge in [-0.2, -0.15) is 0 Å². The number of sulfonamides is 1. The van der Waals surface area contributed by atoms with E-state index in [-0.39, 0.29) is 17.1 Å². The van der Waals surface area contributed by atoms with E-state index in [4.69, 9.17) is 4.74 Å². The van der Waals surface area contributed by atoms with E-state index < -0.39 is 33.9 Å². The number of carbonyl (C=O) groups is 2. The maximum Gasteiger partial charge on any atom is 0.335 e. The minimum Gasteiger partial charge on any atom is -0.481 e. The topological polar surface area (TPSA) is 123 Å². The number of ether oxygens (including phenoxy) is 1. The highest BCUT2D eigenvalue weighted by molar-refractivity contribution is 7.89. The first-order valence-corrected chi connectivity index (χ1v) is 11.1. The fourth-order valence-corrected chi connectivity index (χ4v) is 4.34. The number of nitrogens with zero attached hydrogens (tertiary/aromatic N) is 1. The summed E-state index contributed by atoms with van der Waals surface area (Å²) in [7, 11) is -3.75. The molecule has 1 heterocycles. The van der Waals surface area contributed by atoms with Gasteiger partial charge in [0, 0.05) is 29.1 Å². The lowest BCUT2D eigenvalue weighted by Crippen LogP contribution is -2.40. The van der Waals surface area contributed by atoms with Crippen molar-refractivity contribution in [3.63, 3.8) is 0 Å². The van der Waals surface area contributed by atoms with Crippen molar-refractivity contribution in [2.75, 3.05) is 6.61 Å². The molecule has 2 N–H and O–H groups in total. The number of rotatable bonds is 8. The summed E-state index contributed by atoms with van der Waals surface area (Å²) in [6.45, 7) is 6.92. The highest BCUT2D eigenvalue weighted by Gasteiger charge is 2.24. The van der Waals surface area contributed by atoms with E-state index in [2.05, 4.69) is 9.71 Å². The molecule has 1 aromatic heterocycles. The number of pyridine rings is 1. The van der Waals surface area contributed by atoms with Gasteiger partial charge in [-0.15, -0.1) is 0 Å². The lowest BCUT2D eigenvalue weighted by molar-refractivity contribution is -0.142. The molecule has 0 amide bonds. The van der Waals surface area contributed by atoms with Crippen LogP contribution in [-0.2, 0) is 24.3 Å². The van der Waals surface area contributed by atoms with Gasteiger partial charge in [0.2, 0.25) is 10.0 Å². The van der Waals surface area contributed by atoms with Gasteiger partial charge in [0.05, 0.1) is 23.5 Å². The molecule has 166 valence electrons. The molecule has 1 aromatic carbocycles. The van der Waals surface area contributed by atoms with Crippen LogP contribution in [0.5, 0.6) is 0 Å². The summed E-state index contributed by atoms with van der Waals surface area (Å²) in [6, 6.07) is 9.22. The van der Waals surface area contributed by atoms with Crippen molar-refractivity contribution < 1.29 is 27.9 Å². The molecular formula is C22H26N2O6S. The normalized spacial score (nSPS) is 12.8. The number of aromatic nitrogens is 1. The number of carbonyl (C=O) groups excluding carboxylic acids is 1. The number of benzene rings is 1. The average Bonchev–Trinajstić information content (AvgIpc) is 2.67. The van der Waals surface area contributed by atoms with E-state index in [9.17, 15) is 23.1 Å². The first-order chi connectivity index (χ1) is 14.4. The van der Waals surface area contributed by atoms with Crippen LogP contribution in [0.15, 0.2) is 59.3 Å². The summed E-state index contributed by atoms with van der Waals surface area (Å²) in [5.41, 5.74) is 0.589. The molecule has 31 heavy (non-hydrogen) atoms. The zero-order valence-electron chi connectivity index (χ0n) is 17.9. The number of carboxylic acids is 1. The van der Waals surface area contributed by atoms with Crippen LogP contribution in [0, 0.1) is 0 Å². The van der Waals surface area contributed by atoms with E-state index in [0.717, 1.165) is 0 Å². The van der Waals surface area contributed by atoms with Crippen molar-refractivity contribution in [3.05, 3.63) is 65.5 Å². The SMILES string of the molecule is CCOC(=O)/C(CC(=O)O)=C(/c1ccc(S(=O)(=O)NC(C)(C)C)cc1)c1cccnc1. The van der Waals surface area contributed by atoms with Crippen LogP contribution in [0.25, 0.3) is 5.57 Å². The standard InChI is InChI=1S/C22H26N2O6S/c1-5-30-21(27)18(13-19(25)26)20(16-7-6-12-23-14-16)15-8-10-17(11-9-15)31(28,29)24-22(2,3)4/h6-12,14,24H,5,13H2,1-4H3,(H,25,26)/b20-18-. The second-order valence-corrected chi connectivity index (χ2v) is 9.45. The molecule has 0 bridgehead atoms. The summed E-state index contributed by atoms with van der Waals surface area (Å²) in [6.07, 6.45) is 2.49. The fraction of sp³-hybridized carbons (Fsp3) is 0.318. The molecule has 2 rings (SSSR count). The van der Waals surface area contributed by atoms with Crippen LogP contribution < -0.4 is 4.72 Å². The summed E-state index contributed by atoms with van der Waals surface area (Å²) >= 11 is 0. The molecule has 0 spiro atoms.